The number of nitrogens with zero attached hydrogens (tertiary/aromatic N) is 3. The number of carbonyl (C=O) groups is 2. The highest BCUT2D eigenvalue weighted by Gasteiger charge is 2.36. The monoisotopic (exact) mass is 528 g/mol. The average molecular weight is 529 g/mol. The number of amides is 3. The van der Waals surface area contributed by atoms with Gasteiger partial charge in [0.25, 0.3) is 11.5 Å². The maximum absolute atomic E-state index is 13.3. The molecule has 1 fully saturated rings. The lowest BCUT2D eigenvalue weighted by Gasteiger charge is -2.42. The molecule has 2 atom stereocenters. The minimum absolute atomic E-state index is 0.0310. The molecule has 3 aromatic rings. The highest BCUT2D eigenvalue weighted by Crippen LogP contribution is 2.36. The van der Waals surface area contributed by atoms with E-state index in [1.165, 1.54) is 0 Å². The van der Waals surface area contributed by atoms with Gasteiger partial charge < -0.3 is 29.2 Å². The van der Waals surface area contributed by atoms with Gasteiger partial charge >= 0.3 is 6.03 Å². The summed E-state index contributed by atoms with van der Waals surface area (Å²) in [4.78, 5) is 42.3. The van der Waals surface area contributed by atoms with Crippen LogP contribution in [0.4, 0.5) is 10.5 Å². The molecule has 6 rings (SSSR count). The van der Waals surface area contributed by atoms with Crippen LogP contribution in [0.25, 0.3) is 0 Å². The second-order valence-electron chi connectivity index (χ2n) is 10.6. The number of anilines is 1. The van der Waals surface area contributed by atoms with E-state index in [0.717, 1.165) is 29.7 Å². The van der Waals surface area contributed by atoms with Crippen molar-refractivity contribution in [1.29, 1.82) is 0 Å². The second-order valence-corrected chi connectivity index (χ2v) is 10.6. The molecule has 0 aliphatic carbocycles. The van der Waals surface area contributed by atoms with E-state index in [1.54, 1.807) is 50.6 Å². The lowest BCUT2D eigenvalue weighted by Crippen LogP contribution is -2.50. The summed E-state index contributed by atoms with van der Waals surface area (Å²) in [6, 6.07) is 16.2. The van der Waals surface area contributed by atoms with Gasteiger partial charge in [-0.25, -0.2) is 4.79 Å². The Kier molecular flexibility index (Phi) is 6.50. The maximum atomic E-state index is 13.3. The molecule has 0 spiro atoms. The fourth-order valence-corrected chi connectivity index (χ4v) is 6.20. The van der Waals surface area contributed by atoms with Crippen LogP contribution in [-0.4, -0.2) is 60.2 Å². The van der Waals surface area contributed by atoms with Crippen LogP contribution in [0.2, 0.25) is 0 Å². The average Bonchev–Trinajstić information content (AvgIpc) is 2.96. The Morgan fingerprint density at radius 2 is 1.64 bits per heavy atom. The van der Waals surface area contributed by atoms with Gasteiger partial charge in [-0.05, 0) is 72.4 Å². The van der Waals surface area contributed by atoms with Crippen LogP contribution in [-0.2, 0) is 19.5 Å². The molecule has 0 saturated carbocycles. The Hall–Kier alpha value is -4.27. The van der Waals surface area contributed by atoms with Gasteiger partial charge in [0.15, 0.2) is 11.5 Å². The van der Waals surface area contributed by atoms with Crippen LogP contribution in [0, 0.1) is 5.92 Å². The van der Waals surface area contributed by atoms with Crippen LogP contribution < -0.4 is 20.3 Å². The zero-order chi connectivity index (χ0) is 27.1. The highest BCUT2D eigenvalue weighted by molar-refractivity contribution is 5.95. The highest BCUT2D eigenvalue weighted by atomic mass is 16.5. The fraction of sp³-hybridized carbons (Fsp3) is 0.367. The van der Waals surface area contributed by atoms with Crippen LogP contribution in [0.3, 0.4) is 0 Å². The van der Waals surface area contributed by atoms with E-state index in [9.17, 15) is 14.4 Å². The molecule has 2 bridgehead atoms. The van der Waals surface area contributed by atoms with Gasteiger partial charge in [-0.15, -0.1) is 0 Å². The minimum atomic E-state index is -0.160. The molecule has 1 N–H and O–H groups in total. The topological polar surface area (TPSA) is 93.1 Å². The molecule has 3 amide bonds. The normalized spacial score (nSPS) is 19.5. The van der Waals surface area contributed by atoms with Crippen molar-refractivity contribution in [1.82, 2.24) is 14.4 Å². The summed E-state index contributed by atoms with van der Waals surface area (Å²) in [5.41, 5.74) is 4.47. The van der Waals surface area contributed by atoms with Crippen LogP contribution in [0.5, 0.6) is 11.5 Å². The quantitative estimate of drug-likeness (QED) is 0.557. The molecular weight excluding hydrogens is 496 g/mol. The lowest BCUT2D eigenvalue weighted by molar-refractivity contribution is 0.0734. The number of hydrogen-bond acceptors (Lipinski definition) is 5. The smallest absolute Gasteiger partial charge is 0.321 e. The molecule has 4 heterocycles. The number of likely N-dealkylation sites (tertiary alicyclic amines) is 1. The van der Waals surface area contributed by atoms with Crippen molar-refractivity contribution in [2.24, 2.45) is 5.92 Å². The third-order valence-corrected chi connectivity index (χ3v) is 8.16. The van der Waals surface area contributed by atoms with Gasteiger partial charge in [-0.3, -0.25) is 9.59 Å². The fourth-order valence-electron chi connectivity index (χ4n) is 6.20. The van der Waals surface area contributed by atoms with Crippen molar-refractivity contribution in [3.05, 3.63) is 87.3 Å². The Balaban J connectivity index is 1.10. The molecule has 9 heteroatoms. The molecule has 1 saturated heterocycles. The molecule has 2 aromatic carbocycles. The molecule has 3 aliphatic rings. The van der Waals surface area contributed by atoms with Crippen molar-refractivity contribution in [3.63, 3.8) is 0 Å². The number of urea groups is 1. The summed E-state index contributed by atoms with van der Waals surface area (Å²) in [5, 5.41) is 2.99. The number of aromatic nitrogens is 1. The Morgan fingerprint density at radius 1 is 0.897 bits per heavy atom. The maximum Gasteiger partial charge on any atom is 0.321 e. The molecule has 39 heavy (non-hydrogen) atoms. The number of nitrogens with one attached hydrogen (secondary N) is 1. The number of rotatable bonds is 4. The van der Waals surface area contributed by atoms with Gasteiger partial charge in [0, 0.05) is 61.7 Å². The van der Waals surface area contributed by atoms with E-state index in [1.807, 2.05) is 32.6 Å². The Bertz CT molecular complexity index is 1480. The SMILES string of the molecule is COc1cc2c(cc1OC)CN(C(=O)c1ccc(NC(=O)N3CC4CC(C3)c3cccc(=O)n3C4)cc1)CC2. The number of fused-ring (bicyclic) bond motifs is 5. The molecular formula is C30H32N4O5. The van der Waals surface area contributed by atoms with E-state index in [4.69, 9.17) is 9.47 Å². The molecule has 9 nitrogen and oxygen atoms in total. The lowest BCUT2D eigenvalue weighted by atomic mass is 9.83. The summed E-state index contributed by atoms with van der Waals surface area (Å²) in [6.45, 7) is 2.96. The van der Waals surface area contributed by atoms with E-state index >= 15 is 0 Å². The van der Waals surface area contributed by atoms with Crippen LogP contribution in [0.1, 0.15) is 39.5 Å². The Morgan fingerprint density at radius 3 is 2.38 bits per heavy atom. The van der Waals surface area contributed by atoms with Crippen molar-refractivity contribution in [2.75, 3.05) is 39.2 Å². The predicted molar refractivity (Wildman–Crippen MR) is 147 cm³/mol. The van der Waals surface area contributed by atoms with E-state index in [-0.39, 0.29) is 29.3 Å². The number of carbonyl (C=O) groups excluding carboxylic acids is 2. The van der Waals surface area contributed by atoms with E-state index < -0.39 is 0 Å². The van der Waals surface area contributed by atoms with Gasteiger partial charge in [-0.2, -0.15) is 0 Å². The largest absolute Gasteiger partial charge is 0.493 e. The molecule has 3 aliphatic heterocycles. The molecule has 202 valence electrons. The molecule has 0 radical (unpaired) electrons. The Labute approximate surface area is 226 Å². The number of pyridine rings is 1. The zero-order valence-corrected chi connectivity index (χ0v) is 22.2. The van der Waals surface area contributed by atoms with Crippen molar-refractivity contribution in [3.8, 4) is 11.5 Å². The molecule has 2 unspecified atom stereocenters. The first-order valence-corrected chi connectivity index (χ1v) is 13.3. The van der Waals surface area contributed by atoms with E-state index in [2.05, 4.69) is 5.32 Å². The number of ether oxygens (including phenoxy) is 2. The first-order chi connectivity index (χ1) is 18.9. The van der Waals surface area contributed by atoms with Crippen molar-refractivity contribution in [2.45, 2.75) is 31.8 Å². The summed E-state index contributed by atoms with van der Waals surface area (Å²) >= 11 is 0. The van der Waals surface area contributed by atoms with Gasteiger partial charge in [0.1, 0.15) is 0 Å². The van der Waals surface area contributed by atoms with Crippen molar-refractivity contribution >= 4 is 17.6 Å². The van der Waals surface area contributed by atoms with Crippen LogP contribution in [0.15, 0.2) is 59.4 Å². The summed E-state index contributed by atoms with van der Waals surface area (Å²) in [7, 11) is 3.23. The van der Waals surface area contributed by atoms with E-state index in [0.29, 0.717) is 55.5 Å². The van der Waals surface area contributed by atoms with Gasteiger partial charge in [-0.1, -0.05) is 6.07 Å². The number of benzene rings is 2. The summed E-state index contributed by atoms with van der Waals surface area (Å²) in [5.74, 6) is 1.72. The molecule has 1 aromatic heterocycles. The number of piperidine rings is 1. The number of methoxy groups -OCH3 is 2. The predicted octanol–water partition coefficient (Wildman–Crippen LogP) is 3.72. The zero-order valence-electron chi connectivity index (χ0n) is 22.2. The third kappa shape index (κ3) is 4.73. The minimum Gasteiger partial charge on any atom is -0.493 e. The van der Waals surface area contributed by atoms with Gasteiger partial charge in [0.2, 0.25) is 0 Å². The first kappa shape index (κ1) is 25.0. The van der Waals surface area contributed by atoms with Crippen molar-refractivity contribution < 1.29 is 19.1 Å². The third-order valence-electron chi connectivity index (χ3n) is 8.16. The number of hydrogen-bond donors (Lipinski definition) is 1. The van der Waals surface area contributed by atoms with Gasteiger partial charge in [0.05, 0.1) is 14.2 Å². The summed E-state index contributed by atoms with van der Waals surface area (Å²) < 4.78 is 12.7. The first-order valence-electron chi connectivity index (χ1n) is 13.3. The van der Waals surface area contributed by atoms with Crippen LogP contribution >= 0.6 is 0 Å². The second kappa shape index (κ2) is 10.1. The standard InChI is InChI=1S/C30H32N4O5/c1-38-26-13-21-10-11-32(17-22(21)14-27(26)39-2)29(36)20-6-8-24(9-7-20)31-30(37)33-15-19-12-23(18-33)25-4-3-5-28(35)34(25)16-19/h3-9,13-14,19,23H,10-12,15-18H2,1-2H3,(H,31,37). The summed E-state index contributed by atoms with van der Waals surface area (Å²) in [6.07, 6.45) is 1.73.